The van der Waals surface area contributed by atoms with Crippen LogP contribution in [-0.4, -0.2) is 64.9 Å². The molecule has 0 spiro atoms. The molecule has 0 radical (unpaired) electrons. The Morgan fingerprint density at radius 3 is 1.96 bits per heavy atom. The number of benzene rings is 1. The van der Waals surface area contributed by atoms with Gasteiger partial charge in [-0.1, -0.05) is 13.8 Å². The van der Waals surface area contributed by atoms with Gasteiger partial charge in [-0.25, -0.2) is 0 Å². The van der Waals surface area contributed by atoms with Crippen molar-refractivity contribution in [2.24, 2.45) is 0 Å². The predicted molar refractivity (Wildman–Crippen MR) is 97.0 cm³/mol. The summed E-state index contributed by atoms with van der Waals surface area (Å²) in [4.78, 5) is 12.0. The number of fused-ring (bicyclic) bond motifs is 1. The molecule has 0 atom stereocenters. The highest BCUT2D eigenvalue weighted by Crippen LogP contribution is 2.47. The molecule has 0 fully saturated rings. The molecular formula is C16H26N4O8. The van der Waals surface area contributed by atoms with Crippen LogP contribution < -0.4 is 16.8 Å². The number of aromatic hydroxyl groups is 1. The van der Waals surface area contributed by atoms with Crippen LogP contribution in [-0.2, 0) is 17.0 Å². The fourth-order valence-corrected chi connectivity index (χ4v) is 3.14. The Balaban J connectivity index is 2.63. The molecule has 1 aromatic rings. The van der Waals surface area contributed by atoms with E-state index in [1.807, 2.05) is 0 Å². The maximum Gasteiger partial charge on any atom is 0.229 e. The number of carbonyl (C=O) groups excluding carboxylic acids is 1. The Morgan fingerprint density at radius 2 is 1.50 bits per heavy atom. The van der Waals surface area contributed by atoms with Gasteiger partial charge in [-0.3, -0.25) is 4.79 Å². The smallest absolute Gasteiger partial charge is 0.229 e. The summed E-state index contributed by atoms with van der Waals surface area (Å²) in [5.41, 5.74) is 10.2. The topological polar surface area (TPSA) is 226 Å². The Kier molecular flexibility index (Phi) is 5.53. The van der Waals surface area contributed by atoms with E-state index in [0.29, 0.717) is 0 Å². The zero-order valence-corrected chi connectivity index (χ0v) is 15.5. The van der Waals surface area contributed by atoms with E-state index in [9.17, 15) is 40.5 Å². The lowest BCUT2D eigenvalue weighted by molar-refractivity contribution is -0.402. The van der Waals surface area contributed by atoms with Crippen LogP contribution in [0.15, 0.2) is 0 Å². The van der Waals surface area contributed by atoms with Crippen LogP contribution in [0.3, 0.4) is 0 Å². The second-order valence-corrected chi connectivity index (χ2v) is 6.79. The Labute approximate surface area is 160 Å². The average molecular weight is 402 g/mol. The summed E-state index contributed by atoms with van der Waals surface area (Å²) in [6.07, 6.45) is -1.22. The van der Waals surface area contributed by atoms with Crippen molar-refractivity contribution in [3.8, 4) is 5.75 Å². The van der Waals surface area contributed by atoms with Gasteiger partial charge in [0.05, 0.1) is 35.6 Å². The molecule has 12 N–H and O–H groups in total. The molecule has 12 heteroatoms. The van der Waals surface area contributed by atoms with E-state index >= 15 is 0 Å². The van der Waals surface area contributed by atoms with Crippen LogP contribution in [0.1, 0.15) is 37.8 Å². The van der Waals surface area contributed by atoms with E-state index in [0.717, 1.165) is 0 Å². The molecule has 2 rings (SSSR count). The van der Waals surface area contributed by atoms with Gasteiger partial charge in [-0.2, -0.15) is 4.90 Å². The summed E-state index contributed by atoms with van der Waals surface area (Å²) in [6.45, 7) is 1.45. The number of nitrogens with zero attached hydrogens (tertiary/aromatic N) is 1. The first-order valence-corrected chi connectivity index (χ1v) is 8.54. The normalized spacial score (nSPS) is 15.1. The minimum Gasteiger partial charge on any atom is -0.505 e. The second kappa shape index (κ2) is 7.00. The van der Waals surface area contributed by atoms with Gasteiger partial charge in [-0.15, -0.1) is 0 Å². The molecule has 0 unspecified atom stereocenters. The predicted octanol–water partition coefficient (Wildman–Crippen LogP) is -2.41. The summed E-state index contributed by atoms with van der Waals surface area (Å²) < 4.78 is 0. The van der Waals surface area contributed by atoms with Gasteiger partial charge in [0.2, 0.25) is 23.5 Å². The molecular weight excluding hydrogens is 376 g/mol. The highest BCUT2D eigenvalue weighted by molar-refractivity contribution is 6.06. The fourth-order valence-electron chi connectivity index (χ4n) is 3.14. The van der Waals surface area contributed by atoms with Gasteiger partial charge >= 0.3 is 0 Å². The van der Waals surface area contributed by atoms with Crippen LogP contribution in [0.4, 0.5) is 17.1 Å². The van der Waals surface area contributed by atoms with Crippen LogP contribution in [0.2, 0.25) is 0 Å². The number of amides is 1. The molecule has 158 valence electrons. The lowest BCUT2D eigenvalue weighted by Crippen LogP contribution is -2.64. The number of anilines is 3. The van der Waals surface area contributed by atoms with Gasteiger partial charge in [0, 0.05) is 12.8 Å². The molecule has 0 bridgehead atoms. The van der Waals surface area contributed by atoms with Crippen LogP contribution >= 0.6 is 0 Å². The van der Waals surface area contributed by atoms with E-state index < -0.39 is 59.9 Å². The molecule has 1 aliphatic rings. The molecule has 28 heavy (non-hydrogen) atoms. The van der Waals surface area contributed by atoms with Crippen LogP contribution in [0.25, 0.3) is 0 Å². The zero-order valence-electron chi connectivity index (χ0n) is 15.5. The Morgan fingerprint density at radius 1 is 1.00 bits per heavy atom. The van der Waals surface area contributed by atoms with Gasteiger partial charge in [0.15, 0.2) is 0 Å². The first kappa shape index (κ1) is 22.1. The third kappa shape index (κ3) is 3.58. The molecule has 1 aliphatic heterocycles. The fraction of sp³-hybridized carbons (Fsp3) is 0.562. The van der Waals surface area contributed by atoms with Gasteiger partial charge in [0.25, 0.3) is 0 Å². The van der Waals surface area contributed by atoms with Crippen molar-refractivity contribution in [2.45, 2.75) is 50.7 Å². The number of nitrogen functional groups attached to an aromatic ring is 2. The van der Waals surface area contributed by atoms with E-state index in [4.69, 9.17) is 11.5 Å². The molecule has 0 saturated carbocycles. The van der Waals surface area contributed by atoms with Gasteiger partial charge in [-0.05, 0) is 5.56 Å². The summed E-state index contributed by atoms with van der Waals surface area (Å²) in [6, 6.07) is 0. The Hall–Kier alpha value is -2.19. The number of carbonyl (C=O) groups is 1. The summed E-state index contributed by atoms with van der Waals surface area (Å²) in [5, 5.41) is 74.7. The molecule has 1 aromatic carbocycles. The monoisotopic (exact) mass is 402 g/mol. The van der Waals surface area contributed by atoms with Crippen molar-refractivity contribution in [2.75, 3.05) is 23.3 Å². The quantitative estimate of drug-likeness (QED) is 0.0999. The van der Waals surface area contributed by atoms with Crippen molar-refractivity contribution in [1.29, 1.82) is 0 Å². The molecule has 12 nitrogen and oxygen atoms in total. The highest BCUT2D eigenvalue weighted by Gasteiger charge is 2.49. The van der Waals surface area contributed by atoms with Crippen LogP contribution in [0, 0.1) is 0 Å². The lowest BCUT2D eigenvalue weighted by atomic mass is 9.93. The molecule has 1 heterocycles. The number of nitrogens with two attached hydrogens (primary N) is 2. The van der Waals surface area contributed by atoms with Crippen molar-refractivity contribution in [1.82, 2.24) is 4.90 Å². The lowest BCUT2D eigenvalue weighted by Gasteiger charge is -2.44. The molecule has 1 amide bonds. The summed E-state index contributed by atoms with van der Waals surface area (Å²) in [5.74, 6) is -10.1. The first-order valence-electron chi connectivity index (χ1n) is 8.54. The van der Waals surface area contributed by atoms with Gasteiger partial charge in [0.1, 0.15) is 5.75 Å². The first-order chi connectivity index (χ1) is 12.7. The van der Waals surface area contributed by atoms with E-state index in [2.05, 4.69) is 5.32 Å². The number of nitrogens with one attached hydrogen (secondary N) is 1. The Bertz CT molecular complexity index is 778. The molecule has 0 aliphatic carbocycles. The standard InChI is InChI=1S/C16H26N4O8/c1-3-15(25,26)20(16(27,28)4-2)6-14(23,24)9-7-5-8(21)19-12(7)10(17)11(18)13(9)22/h22-28H,3-6,17-18H2,1-2H3,(H,19,21). The zero-order chi connectivity index (χ0) is 21.7. The third-order valence-corrected chi connectivity index (χ3v) is 4.85. The minimum absolute atomic E-state index is 0.0150. The maximum atomic E-state index is 11.8. The maximum absolute atomic E-state index is 11.8. The van der Waals surface area contributed by atoms with Crippen molar-refractivity contribution in [3.05, 3.63) is 11.1 Å². The van der Waals surface area contributed by atoms with Gasteiger partial charge < -0.3 is 52.5 Å². The highest BCUT2D eigenvalue weighted by atomic mass is 16.6. The van der Waals surface area contributed by atoms with Crippen molar-refractivity contribution < 1.29 is 40.5 Å². The number of phenols is 1. The van der Waals surface area contributed by atoms with Crippen molar-refractivity contribution in [3.63, 3.8) is 0 Å². The second-order valence-electron chi connectivity index (χ2n) is 6.79. The number of aliphatic hydroxyl groups is 6. The molecule has 0 aromatic heterocycles. The number of phenolic OH excluding ortho intramolecular Hbond substituents is 1. The van der Waals surface area contributed by atoms with E-state index in [1.165, 1.54) is 13.8 Å². The summed E-state index contributed by atoms with van der Waals surface area (Å²) in [7, 11) is 0. The number of rotatable bonds is 7. The number of hydrogen-bond donors (Lipinski definition) is 10. The molecule has 0 saturated heterocycles. The SMILES string of the molecule is CCC(O)(O)N(CC(O)(O)c1c(O)c(N)c(N)c2c1CC(=O)N2)C(O)(O)CC. The van der Waals surface area contributed by atoms with E-state index in [1.54, 1.807) is 0 Å². The van der Waals surface area contributed by atoms with Crippen LogP contribution in [0.5, 0.6) is 5.75 Å². The number of hydrogen-bond acceptors (Lipinski definition) is 11. The third-order valence-electron chi connectivity index (χ3n) is 4.85. The van der Waals surface area contributed by atoms with E-state index in [-0.39, 0.29) is 28.3 Å². The summed E-state index contributed by atoms with van der Waals surface area (Å²) >= 11 is 0. The minimum atomic E-state index is -3.08. The van der Waals surface area contributed by atoms with Crippen molar-refractivity contribution >= 4 is 23.0 Å². The average Bonchev–Trinajstić information content (AvgIpc) is 2.98. The largest absolute Gasteiger partial charge is 0.505 e.